The van der Waals surface area contributed by atoms with E-state index in [9.17, 15) is 0 Å². The topological polar surface area (TPSA) is 38.7 Å². The Labute approximate surface area is 108 Å². The molecule has 0 aliphatic carbocycles. The first-order valence-corrected chi connectivity index (χ1v) is 7.37. The van der Waals surface area contributed by atoms with Gasteiger partial charge in [0, 0.05) is 19.7 Å². The van der Waals surface area contributed by atoms with E-state index >= 15 is 0 Å². The second-order valence-electron chi connectivity index (χ2n) is 3.53. The summed E-state index contributed by atoms with van der Waals surface area (Å²) < 4.78 is 3.54. The Bertz CT molecular complexity index is 799. The third-order valence-corrected chi connectivity index (χ3v) is 5.15. The van der Waals surface area contributed by atoms with E-state index in [4.69, 9.17) is 0 Å². The summed E-state index contributed by atoms with van der Waals surface area (Å²) in [7, 11) is 0. The van der Waals surface area contributed by atoms with Crippen molar-refractivity contribution in [2.45, 2.75) is 0 Å². The van der Waals surface area contributed by atoms with E-state index < -0.39 is 0 Å². The molecular weight excluding hydrogens is 270 g/mol. The van der Waals surface area contributed by atoms with Crippen molar-refractivity contribution in [3.63, 3.8) is 0 Å². The molecule has 0 unspecified atom stereocenters. The maximum absolute atomic E-state index is 4.42. The van der Waals surface area contributed by atoms with Gasteiger partial charge in [-0.05, 0) is 12.1 Å². The Hall–Kier alpha value is -1.37. The molecule has 0 atom stereocenters. The molecule has 0 N–H and O–H groups in total. The SMILES string of the molecule is C=Cc1c2cc3cc1sc1nc(nc(n1)s2)s3. The van der Waals surface area contributed by atoms with Crippen LogP contribution in [-0.2, 0) is 0 Å². The summed E-state index contributed by atoms with van der Waals surface area (Å²) in [6.07, 6.45) is 1.90. The van der Waals surface area contributed by atoms with Crippen molar-refractivity contribution < 1.29 is 0 Å². The predicted molar refractivity (Wildman–Crippen MR) is 76.1 cm³/mol. The molecule has 0 aliphatic heterocycles. The minimum absolute atomic E-state index is 0.774. The molecule has 3 nitrogen and oxygen atoms in total. The molecule has 0 amide bonds. The fourth-order valence-electron chi connectivity index (χ4n) is 1.77. The van der Waals surface area contributed by atoms with Gasteiger partial charge in [-0.1, -0.05) is 46.7 Å². The molecule has 0 aliphatic rings. The number of hydrogen-bond donors (Lipinski definition) is 0. The molecule has 0 fully saturated rings. The van der Waals surface area contributed by atoms with E-state index in [0.717, 1.165) is 20.4 Å². The maximum atomic E-state index is 4.42. The van der Waals surface area contributed by atoms with E-state index in [1.54, 1.807) is 34.0 Å². The van der Waals surface area contributed by atoms with Crippen LogP contribution in [0.3, 0.4) is 0 Å². The average Bonchev–Trinajstić information content (AvgIpc) is 2.26. The molecular formula is C11H5N3S3. The number of nitrogens with zero attached hydrogens (tertiary/aromatic N) is 3. The Morgan fingerprint density at radius 1 is 0.882 bits per heavy atom. The number of benzene rings is 1. The van der Waals surface area contributed by atoms with Crippen molar-refractivity contribution in [2.24, 2.45) is 0 Å². The normalized spacial score (nSPS) is 11.8. The highest BCUT2D eigenvalue weighted by Gasteiger charge is 2.07. The van der Waals surface area contributed by atoms with E-state index in [-0.39, 0.29) is 0 Å². The highest BCUT2D eigenvalue weighted by atomic mass is 32.1. The molecule has 17 heavy (non-hydrogen) atoms. The highest BCUT2D eigenvalue weighted by Crippen LogP contribution is 2.33. The fourth-order valence-corrected chi connectivity index (χ4v) is 4.88. The molecule has 4 heterocycles. The number of hydrogen-bond acceptors (Lipinski definition) is 6. The van der Waals surface area contributed by atoms with Gasteiger partial charge in [-0.2, -0.15) is 15.0 Å². The number of aromatic nitrogens is 3. The summed E-state index contributed by atoms with van der Waals surface area (Å²) in [5.74, 6) is 0. The maximum Gasteiger partial charge on any atom is 0.215 e. The third-order valence-electron chi connectivity index (χ3n) is 2.47. The van der Waals surface area contributed by atoms with Crippen LogP contribution in [-0.4, -0.2) is 15.0 Å². The van der Waals surface area contributed by atoms with Gasteiger partial charge in [0.2, 0.25) is 14.9 Å². The third kappa shape index (κ3) is 1.41. The van der Waals surface area contributed by atoms with Gasteiger partial charge in [-0.25, -0.2) is 0 Å². The van der Waals surface area contributed by atoms with Crippen LogP contribution < -0.4 is 0 Å². The first-order valence-electron chi connectivity index (χ1n) is 4.92. The molecule has 6 heteroatoms. The standard InChI is InChI=1S/C11H5N3S3/c1-2-6-7-3-5-4-8(6)17-11-13-9(15-5)12-10(14-11)16-7/h2-4H,1H2. The highest BCUT2D eigenvalue weighted by molar-refractivity contribution is 7.28. The van der Waals surface area contributed by atoms with Crippen molar-refractivity contribution in [1.29, 1.82) is 0 Å². The molecule has 5 aromatic rings. The van der Waals surface area contributed by atoms with Gasteiger partial charge in [0.25, 0.3) is 0 Å². The zero-order valence-electron chi connectivity index (χ0n) is 8.51. The minimum atomic E-state index is 0.774. The van der Waals surface area contributed by atoms with Gasteiger partial charge in [-0.3, -0.25) is 0 Å². The second-order valence-corrected chi connectivity index (χ2v) is 6.59. The number of rotatable bonds is 1. The van der Waals surface area contributed by atoms with Crippen molar-refractivity contribution >= 4 is 69.1 Å². The average molecular weight is 275 g/mol. The lowest BCUT2D eigenvalue weighted by Gasteiger charge is -2.04. The molecule has 0 radical (unpaired) electrons. The molecule has 0 saturated heterocycles. The monoisotopic (exact) mass is 275 g/mol. The van der Waals surface area contributed by atoms with Crippen LogP contribution >= 0.6 is 34.0 Å². The summed E-state index contributed by atoms with van der Waals surface area (Å²) in [4.78, 5) is 15.6. The van der Waals surface area contributed by atoms with Crippen molar-refractivity contribution in [3.05, 3.63) is 24.3 Å². The minimum Gasteiger partial charge on any atom is -0.189 e. The van der Waals surface area contributed by atoms with Gasteiger partial charge in [0.1, 0.15) is 0 Å². The van der Waals surface area contributed by atoms with Crippen LogP contribution in [0.2, 0.25) is 0 Å². The van der Waals surface area contributed by atoms with Crippen molar-refractivity contribution in [1.82, 2.24) is 15.0 Å². The zero-order chi connectivity index (χ0) is 11.4. The Balaban J connectivity index is 2.50. The van der Waals surface area contributed by atoms with Crippen molar-refractivity contribution in [2.75, 3.05) is 0 Å². The lowest BCUT2D eigenvalue weighted by Crippen LogP contribution is -1.87. The smallest absolute Gasteiger partial charge is 0.189 e. The summed E-state index contributed by atoms with van der Waals surface area (Å²) in [6, 6.07) is 4.32. The summed E-state index contributed by atoms with van der Waals surface area (Å²) in [6.45, 7) is 3.89. The molecule has 0 saturated carbocycles. The quantitative estimate of drug-likeness (QED) is 0.523. The molecule has 82 valence electrons. The molecule has 4 aromatic heterocycles. The van der Waals surface area contributed by atoms with Crippen LogP contribution in [0, 0.1) is 0 Å². The van der Waals surface area contributed by atoms with E-state index in [2.05, 4.69) is 33.7 Å². The lowest BCUT2D eigenvalue weighted by molar-refractivity contribution is 1.29. The van der Waals surface area contributed by atoms with Gasteiger partial charge in [0.05, 0.1) is 0 Å². The van der Waals surface area contributed by atoms with Gasteiger partial charge < -0.3 is 0 Å². The summed E-state index contributed by atoms with van der Waals surface area (Å²) in [5, 5.41) is 0. The predicted octanol–water partition coefficient (Wildman–Crippen LogP) is 4.16. The summed E-state index contributed by atoms with van der Waals surface area (Å²) in [5.41, 5.74) is 1.16. The Kier molecular flexibility index (Phi) is 1.88. The van der Waals surface area contributed by atoms with Gasteiger partial charge >= 0.3 is 0 Å². The van der Waals surface area contributed by atoms with Crippen LogP contribution in [0.5, 0.6) is 0 Å². The lowest BCUT2D eigenvalue weighted by atomic mass is 10.2. The Morgan fingerprint density at radius 3 is 1.94 bits per heavy atom. The van der Waals surface area contributed by atoms with E-state index in [0.29, 0.717) is 0 Å². The van der Waals surface area contributed by atoms with Crippen LogP contribution in [0.15, 0.2) is 18.7 Å². The van der Waals surface area contributed by atoms with Gasteiger partial charge in [-0.15, -0.1) is 0 Å². The van der Waals surface area contributed by atoms with Crippen LogP contribution in [0.1, 0.15) is 5.56 Å². The fraction of sp³-hybridized carbons (Fsp3) is 0. The van der Waals surface area contributed by atoms with Crippen molar-refractivity contribution in [3.8, 4) is 0 Å². The zero-order valence-corrected chi connectivity index (χ0v) is 11.0. The largest absolute Gasteiger partial charge is 0.215 e. The van der Waals surface area contributed by atoms with Crippen LogP contribution in [0.25, 0.3) is 35.1 Å². The second kappa shape index (κ2) is 3.32. The first kappa shape index (κ1) is 9.64. The molecule has 6 bridgehead atoms. The molecule has 1 aromatic carbocycles. The molecule has 5 rings (SSSR count). The summed E-state index contributed by atoms with van der Waals surface area (Å²) >= 11 is 4.77. The Morgan fingerprint density at radius 2 is 1.41 bits per heavy atom. The van der Waals surface area contributed by atoms with Gasteiger partial charge in [0.15, 0.2) is 0 Å². The van der Waals surface area contributed by atoms with E-state index in [1.165, 1.54) is 14.1 Å². The van der Waals surface area contributed by atoms with Crippen LogP contribution in [0.4, 0.5) is 0 Å². The first-order chi connectivity index (χ1) is 8.31. The van der Waals surface area contributed by atoms with E-state index in [1.807, 2.05) is 6.08 Å². The molecule has 0 spiro atoms.